The van der Waals surface area contributed by atoms with E-state index < -0.39 is 0 Å². The van der Waals surface area contributed by atoms with E-state index in [-0.39, 0.29) is 0 Å². The van der Waals surface area contributed by atoms with Gasteiger partial charge in [0.1, 0.15) is 0 Å². The van der Waals surface area contributed by atoms with Crippen molar-refractivity contribution in [3.05, 3.63) is 28.5 Å². The summed E-state index contributed by atoms with van der Waals surface area (Å²) in [5, 5.41) is 1.08. The number of nitrogens with one attached hydrogen (secondary N) is 1. The quantitative estimate of drug-likeness (QED) is 0.591. The maximum atomic E-state index is 5.76. The first-order valence-corrected chi connectivity index (χ1v) is 9.60. The molecule has 0 fully saturated rings. The van der Waals surface area contributed by atoms with Crippen LogP contribution in [0.2, 0.25) is 10.0 Å². The second kappa shape index (κ2) is 18.2. The fourth-order valence-corrected chi connectivity index (χ4v) is 1.88. The molecule has 0 spiro atoms. The Hall–Kier alpha value is -5.57. The molecule has 0 aliphatic heterocycles. The van der Waals surface area contributed by atoms with E-state index in [1.54, 1.807) is 25.4 Å². The van der Waals surface area contributed by atoms with Crippen molar-refractivity contribution < 1.29 is 0 Å². The summed E-state index contributed by atoms with van der Waals surface area (Å²) in [6.07, 6.45) is 6.51. The summed E-state index contributed by atoms with van der Waals surface area (Å²) < 4.78 is 0. The number of hydrogen-bond donors (Lipinski definition) is 1. The van der Waals surface area contributed by atoms with Crippen LogP contribution in [0.1, 0.15) is 6.92 Å². The van der Waals surface area contributed by atoms with E-state index in [1.165, 1.54) is 0 Å². The van der Waals surface area contributed by atoms with Crippen LogP contribution in [-0.4, -0.2) is 9.97 Å². The molecular formula is C30H8Cl2N2. The molecule has 0 aliphatic rings. The monoisotopic (exact) mass is 466 g/mol. The maximum absolute atomic E-state index is 5.76. The zero-order valence-electron chi connectivity index (χ0n) is 17.5. The molecule has 0 bridgehead atoms. The average Bonchev–Trinajstić information content (AvgIpc) is 3.28. The zero-order chi connectivity index (χ0) is 24.7. The van der Waals surface area contributed by atoms with Gasteiger partial charge in [0.05, 0.1) is 27.4 Å². The Balaban J connectivity index is 0.000000429. The van der Waals surface area contributed by atoms with E-state index in [0.717, 1.165) is 11.0 Å². The third-order valence-corrected chi connectivity index (χ3v) is 3.51. The van der Waals surface area contributed by atoms with Crippen molar-refractivity contribution in [1.82, 2.24) is 9.97 Å². The van der Waals surface area contributed by atoms with Crippen LogP contribution in [0.5, 0.6) is 0 Å². The van der Waals surface area contributed by atoms with Gasteiger partial charge in [-0.3, -0.25) is 0 Å². The Morgan fingerprint density at radius 2 is 1.00 bits per heavy atom. The smallest absolute Gasteiger partial charge is 0.0931 e. The Bertz CT molecular complexity index is 1710. The van der Waals surface area contributed by atoms with Gasteiger partial charge in [-0.2, -0.15) is 0 Å². The van der Waals surface area contributed by atoms with Crippen LogP contribution in [0.25, 0.3) is 11.0 Å². The highest BCUT2D eigenvalue weighted by atomic mass is 35.5. The first-order valence-electron chi connectivity index (χ1n) is 8.84. The fraction of sp³-hybridized carbons (Fsp3) is 0.0333. The lowest BCUT2D eigenvalue weighted by Gasteiger charge is -1.93. The highest BCUT2D eigenvalue weighted by Crippen LogP contribution is 2.25. The molecule has 152 valence electrons. The number of H-pyrrole nitrogens is 1. The van der Waals surface area contributed by atoms with Crippen LogP contribution in [-0.2, 0) is 0 Å². The lowest BCUT2D eigenvalue weighted by Crippen LogP contribution is -1.71. The highest BCUT2D eigenvalue weighted by molar-refractivity contribution is 6.42. The number of aromatic nitrogens is 2. The molecule has 0 aliphatic carbocycles. The van der Waals surface area contributed by atoms with E-state index >= 15 is 0 Å². The molecule has 1 N–H and O–H groups in total. The van der Waals surface area contributed by atoms with Gasteiger partial charge < -0.3 is 4.98 Å². The Kier molecular flexibility index (Phi) is 14.2. The number of halogens is 2. The van der Waals surface area contributed by atoms with Gasteiger partial charge in [0.15, 0.2) is 0 Å². The van der Waals surface area contributed by atoms with Crippen LogP contribution >= 0.6 is 23.2 Å². The first-order chi connectivity index (χ1) is 16.7. The summed E-state index contributed by atoms with van der Waals surface area (Å²) in [6.45, 7) is 1.70. The summed E-state index contributed by atoms with van der Waals surface area (Å²) in [5.41, 5.74) is 1.74. The number of rotatable bonds is 0. The van der Waals surface area contributed by atoms with E-state index in [9.17, 15) is 0 Å². The minimum atomic E-state index is 0.534. The van der Waals surface area contributed by atoms with Crippen LogP contribution in [0, 0.1) is 131 Å². The minimum absolute atomic E-state index is 0.534. The highest BCUT2D eigenvalue weighted by Gasteiger charge is 2.01. The maximum Gasteiger partial charge on any atom is 0.0931 e. The molecular weight excluding hydrogens is 459 g/mol. The molecule has 1 aromatic heterocycles. The number of fused-ring (bicyclic) bond motifs is 1. The Labute approximate surface area is 210 Å². The summed E-state index contributed by atoms with van der Waals surface area (Å²) in [4.78, 5) is 6.96. The Morgan fingerprint density at radius 1 is 0.618 bits per heavy atom. The van der Waals surface area contributed by atoms with Crippen molar-refractivity contribution in [2.24, 2.45) is 0 Å². The third kappa shape index (κ3) is 12.9. The second-order valence-corrected chi connectivity index (χ2v) is 5.77. The fourth-order valence-electron chi connectivity index (χ4n) is 1.56. The molecule has 0 atom stereocenters. The average molecular weight is 467 g/mol. The number of hydrogen-bond acceptors (Lipinski definition) is 1. The molecule has 0 unspecified atom stereocenters. The number of benzene rings is 1. The number of aromatic amines is 1. The van der Waals surface area contributed by atoms with E-state index in [0.29, 0.717) is 10.0 Å². The van der Waals surface area contributed by atoms with Crippen LogP contribution in [0.4, 0.5) is 0 Å². The minimum Gasteiger partial charge on any atom is -0.345 e. The van der Waals surface area contributed by atoms with Crippen molar-refractivity contribution in [1.29, 1.82) is 0 Å². The molecule has 0 amide bonds. The van der Waals surface area contributed by atoms with Gasteiger partial charge in [0, 0.05) is 23.7 Å². The van der Waals surface area contributed by atoms with Gasteiger partial charge in [-0.1, -0.05) is 29.1 Å². The van der Waals surface area contributed by atoms with Crippen LogP contribution in [0.3, 0.4) is 0 Å². The van der Waals surface area contributed by atoms with Gasteiger partial charge in [-0.25, -0.2) is 4.98 Å². The van der Waals surface area contributed by atoms with Crippen LogP contribution in [0.15, 0.2) is 18.5 Å². The number of nitrogens with zero attached hydrogens (tertiary/aromatic N) is 1. The lowest BCUT2D eigenvalue weighted by molar-refractivity contribution is 1.34. The lowest BCUT2D eigenvalue weighted by atomic mass is 10.3. The molecule has 4 heteroatoms. The second-order valence-electron chi connectivity index (χ2n) is 4.96. The topological polar surface area (TPSA) is 28.7 Å². The predicted octanol–water partition coefficient (Wildman–Crippen LogP) is 3.54. The van der Waals surface area contributed by atoms with Gasteiger partial charge in [0.2, 0.25) is 0 Å². The van der Waals surface area contributed by atoms with E-state index in [2.05, 4.69) is 134 Å². The van der Waals surface area contributed by atoms with E-state index in [1.807, 2.05) is 0 Å². The summed E-state index contributed by atoms with van der Waals surface area (Å²) >= 11 is 11.5. The van der Waals surface area contributed by atoms with Gasteiger partial charge in [-0.05, 0) is 114 Å². The predicted molar refractivity (Wildman–Crippen MR) is 138 cm³/mol. The molecule has 2 aromatic rings. The molecule has 0 saturated carbocycles. The van der Waals surface area contributed by atoms with Crippen molar-refractivity contribution in [3.8, 4) is 131 Å². The Morgan fingerprint density at radius 3 is 1.41 bits per heavy atom. The SMILES string of the molecule is C#CC#CC#CC#CC#CC#CC#CC#CC#CC#CC#CC.Clc1cc2nc[nH]c2cc1Cl. The van der Waals surface area contributed by atoms with Gasteiger partial charge >= 0.3 is 0 Å². The number of terminal acetylenes is 1. The largest absolute Gasteiger partial charge is 0.345 e. The zero-order valence-corrected chi connectivity index (χ0v) is 19.0. The summed E-state index contributed by atoms with van der Waals surface area (Å²) in [7, 11) is 0. The molecule has 1 heterocycles. The molecule has 2 rings (SSSR count). The summed E-state index contributed by atoms with van der Waals surface area (Å²) in [6, 6.07) is 3.49. The van der Waals surface area contributed by atoms with Crippen molar-refractivity contribution in [2.45, 2.75) is 6.92 Å². The van der Waals surface area contributed by atoms with Gasteiger partial charge in [0.25, 0.3) is 0 Å². The van der Waals surface area contributed by atoms with Crippen molar-refractivity contribution in [2.75, 3.05) is 0 Å². The molecule has 0 saturated heterocycles. The van der Waals surface area contributed by atoms with E-state index in [4.69, 9.17) is 29.6 Å². The van der Waals surface area contributed by atoms with Crippen LogP contribution < -0.4 is 0 Å². The molecule has 1 aromatic carbocycles. The third-order valence-electron chi connectivity index (χ3n) is 2.78. The number of imidazole rings is 1. The molecule has 34 heavy (non-hydrogen) atoms. The first kappa shape index (κ1) is 26.5. The van der Waals surface area contributed by atoms with Crippen molar-refractivity contribution >= 4 is 34.2 Å². The molecule has 0 radical (unpaired) electrons. The van der Waals surface area contributed by atoms with Crippen molar-refractivity contribution in [3.63, 3.8) is 0 Å². The molecule has 2 nitrogen and oxygen atoms in total. The summed E-state index contributed by atoms with van der Waals surface area (Å²) in [5.74, 6) is 51.9. The standard InChI is InChI=1S/C23H4.C7H4Cl2N2/c1-3-5-7-9-11-13-15-17-19-21-23-22-20-18-16-14-12-10-8-6-4-2;8-4-1-6-7(2-5(4)9)11-3-10-6/h1H,2H3;1-3H,(H,10,11). The normalized spacial score (nSPS) is 6.06. The van der Waals surface area contributed by atoms with Gasteiger partial charge in [-0.15, -0.1) is 6.42 Å².